The van der Waals surface area contributed by atoms with Crippen LogP contribution in [0.15, 0.2) is 24.3 Å². The lowest BCUT2D eigenvalue weighted by molar-refractivity contribution is -0.131. The van der Waals surface area contributed by atoms with Crippen LogP contribution in [0.5, 0.6) is 0 Å². The maximum Gasteiger partial charge on any atom is 0.328 e. The van der Waals surface area contributed by atoms with E-state index in [0.717, 1.165) is 36.8 Å². The summed E-state index contributed by atoms with van der Waals surface area (Å²) in [5, 5.41) is 9.44. The number of rotatable bonds is 3. The molecule has 1 aliphatic rings. The maximum absolute atomic E-state index is 10.7. The average molecular weight is 280 g/mol. The summed E-state index contributed by atoms with van der Waals surface area (Å²) >= 11 is 6.30. The molecule has 1 heterocycles. The molecule has 1 N–H and O–H groups in total. The Morgan fingerprint density at radius 2 is 2.32 bits per heavy atom. The van der Waals surface area contributed by atoms with E-state index >= 15 is 0 Å². The summed E-state index contributed by atoms with van der Waals surface area (Å²) in [6, 6.07) is 5.61. The zero-order valence-corrected chi connectivity index (χ0v) is 11.7. The van der Waals surface area contributed by atoms with Gasteiger partial charge in [-0.05, 0) is 36.5 Å². The summed E-state index contributed by atoms with van der Waals surface area (Å²) in [5.74, 6) is -0.306. The minimum atomic E-state index is -0.946. The number of hydrogen-bond donors (Lipinski definition) is 1. The number of aliphatic carboxylic acids is 1. The van der Waals surface area contributed by atoms with E-state index in [9.17, 15) is 4.79 Å². The van der Waals surface area contributed by atoms with Gasteiger partial charge in [0.2, 0.25) is 0 Å². The zero-order valence-electron chi connectivity index (χ0n) is 11.0. The molecule has 3 nitrogen and oxygen atoms in total. The second kappa shape index (κ2) is 6.11. The third-order valence-corrected chi connectivity index (χ3v) is 3.70. The van der Waals surface area contributed by atoms with Crippen LogP contribution in [0.3, 0.4) is 0 Å². The molecule has 1 unspecified atom stereocenters. The zero-order chi connectivity index (χ0) is 13.8. The fraction of sp³-hybridized carbons (Fsp3) is 0.400. The normalized spacial score (nSPS) is 19.9. The van der Waals surface area contributed by atoms with E-state index in [0.29, 0.717) is 10.9 Å². The van der Waals surface area contributed by atoms with Gasteiger partial charge in [0.25, 0.3) is 0 Å². The van der Waals surface area contributed by atoms with Crippen molar-refractivity contribution in [3.63, 3.8) is 0 Å². The Morgan fingerprint density at radius 3 is 3.00 bits per heavy atom. The topological polar surface area (TPSA) is 40.5 Å². The van der Waals surface area contributed by atoms with Crippen LogP contribution < -0.4 is 4.90 Å². The molecule has 0 radical (unpaired) electrons. The predicted octanol–water partition coefficient (Wildman–Crippen LogP) is 3.67. The molecule has 0 aromatic heterocycles. The molecular formula is C15H18ClNO2. The van der Waals surface area contributed by atoms with Crippen molar-refractivity contribution >= 4 is 29.3 Å². The first kappa shape index (κ1) is 13.9. The second-order valence-electron chi connectivity index (χ2n) is 5.04. The number of piperidine rings is 1. The highest BCUT2D eigenvalue weighted by atomic mass is 35.5. The van der Waals surface area contributed by atoms with E-state index in [-0.39, 0.29) is 0 Å². The Morgan fingerprint density at radius 1 is 1.53 bits per heavy atom. The number of carboxylic acids is 1. The SMILES string of the molecule is CC1CCCN(c2c(Cl)cccc2/C=C/C(=O)O)C1. The molecule has 1 fully saturated rings. The molecule has 1 atom stereocenters. The van der Waals surface area contributed by atoms with E-state index in [2.05, 4.69) is 11.8 Å². The van der Waals surface area contributed by atoms with Crippen LogP contribution in [0.1, 0.15) is 25.3 Å². The number of halogens is 1. The fourth-order valence-corrected chi connectivity index (χ4v) is 2.86. The van der Waals surface area contributed by atoms with Crippen LogP contribution >= 0.6 is 11.6 Å². The molecule has 0 amide bonds. The Kier molecular flexibility index (Phi) is 4.48. The number of anilines is 1. The van der Waals surface area contributed by atoms with E-state index < -0.39 is 5.97 Å². The molecule has 1 aromatic rings. The minimum Gasteiger partial charge on any atom is -0.478 e. The molecule has 19 heavy (non-hydrogen) atoms. The van der Waals surface area contributed by atoms with Crippen molar-refractivity contribution in [2.75, 3.05) is 18.0 Å². The van der Waals surface area contributed by atoms with E-state index in [1.54, 1.807) is 6.08 Å². The first-order chi connectivity index (χ1) is 9.08. The summed E-state index contributed by atoms with van der Waals surface area (Å²) in [5.41, 5.74) is 1.82. The molecule has 1 saturated heterocycles. The van der Waals surface area contributed by atoms with Gasteiger partial charge in [-0.2, -0.15) is 0 Å². The highest BCUT2D eigenvalue weighted by Gasteiger charge is 2.20. The summed E-state index contributed by atoms with van der Waals surface area (Å²) < 4.78 is 0. The van der Waals surface area contributed by atoms with Gasteiger partial charge in [0, 0.05) is 19.2 Å². The van der Waals surface area contributed by atoms with E-state index in [4.69, 9.17) is 16.7 Å². The number of carbonyl (C=O) groups is 1. The molecule has 1 aliphatic heterocycles. The maximum atomic E-state index is 10.7. The van der Waals surface area contributed by atoms with Crippen LogP contribution in [0.25, 0.3) is 6.08 Å². The van der Waals surface area contributed by atoms with Gasteiger partial charge in [0.1, 0.15) is 0 Å². The van der Waals surface area contributed by atoms with Crippen molar-refractivity contribution in [1.29, 1.82) is 0 Å². The lowest BCUT2D eigenvalue weighted by atomic mass is 9.98. The second-order valence-corrected chi connectivity index (χ2v) is 5.45. The highest BCUT2D eigenvalue weighted by molar-refractivity contribution is 6.33. The van der Waals surface area contributed by atoms with Gasteiger partial charge in [-0.15, -0.1) is 0 Å². The molecule has 2 rings (SSSR count). The molecule has 0 bridgehead atoms. The number of carboxylic acid groups (broad SMARTS) is 1. The largest absolute Gasteiger partial charge is 0.478 e. The third kappa shape index (κ3) is 3.51. The lowest BCUT2D eigenvalue weighted by Crippen LogP contribution is -2.34. The monoisotopic (exact) mass is 279 g/mol. The number of benzene rings is 1. The molecule has 1 aromatic carbocycles. The van der Waals surface area contributed by atoms with Crippen molar-refractivity contribution in [3.05, 3.63) is 34.9 Å². The fourth-order valence-electron chi connectivity index (χ4n) is 2.55. The third-order valence-electron chi connectivity index (χ3n) is 3.40. The lowest BCUT2D eigenvalue weighted by Gasteiger charge is -2.34. The van der Waals surface area contributed by atoms with Crippen molar-refractivity contribution in [3.8, 4) is 0 Å². The summed E-state index contributed by atoms with van der Waals surface area (Å²) in [7, 11) is 0. The highest BCUT2D eigenvalue weighted by Crippen LogP contribution is 2.33. The Balaban J connectivity index is 2.34. The summed E-state index contributed by atoms with van der Waals surface area (Å²) in [6.45, 7) is 4.18. The van der Waals surface area contributed by atoms with Gasteiger partial charge in [-0.1, -0.05) is 30.7 Å². The first-order valence-electron chi connectivity index (χ1n) is 6.52. The van der Waals surface area contributed by atoms with Crippen LogP contribution in [0.4, 0.5) is 5.69 Å². The Bertz CT molecular complexity index is 499. The van der Waals surface area contributed by atoms with Crippen molar-refractivity contribution in [2.24, 2.45) is 5.92 Å². The van der Waals surface area contributed by atoms with Crippen molar-refractivity contribution in [2.45, 2.75) is 19.8 Å². The first-order valence-corrected chi connectivity index (χ1v) is 6.90. The van der Waals surface area contributed by atoms with E-state index in [1.807, 2.05) is 18.2 Å². The summed E-state index contributed by atoms with van der Waals surface area (Å²) in [6.07, 6.45) is 5.15. The van der Waals surface area contributed by atoms with Gasteiger partial charge in [0.05, 0.1) is 10.7 Å². The standard InChI is InChI=1S/C15H18ClNO2/c1-11-4-3-9-17(10-11)15-12(7-8-14(18)19)5-2-6-13(15)16/h2,5-8,11H,3-4,9-10H2,1H3,(H,18,19)/b8-7+. The van der Waals surface area contributed by atoms with Crippen LogP contribution in [0.2, 0.25) is 5.02 Å². The molecule has 0 saturated carbocycles. The summed E-state index contributed by atoms with van der Waals surface area (Å²) in [4.78, 5) is 12.9. The number of nitrogens with zero attached hydrogens (tertiary/aromatic N) is 1. The predicted molar refractivity (Wildman–Crippen MR) is 78.7 cm³/mol. The molecule has 0 spiro atoms. The van der Waals surface area contributed by atoms with Gasteiger partial charge in [-0.25, -0.2) is 4.79 Å². The van der Waals surface area contributed by atoms with Gasteiger partial charge in [-0.3, -0.25) is 0 Å². The quantitative estimate of drug-likeness (QED) is 0.858. The van der Waals surface area contributed by atoms with Crippen LogP contribution in [-0.4, -0.2) is 24.2 Å². The molecular weight excluding hydrogens is 262 g/mol. The minimum absolute atomic E-state index is 0.640. The Hall–Kier alpha value is -1.48. The number of para-hydroxylation sites is 1. The molecule has 4 heteroatoms. The van der Waals surface area contributed by atoms with E-state index in [1.165, 1.54) is 6.42 Å². The van der Waals surface area contributed by atoms with Gasteiger partial charge in [0.15, 0.2) is 0 Å². The Labute approximate surface area is 118 Å². The van der Waals surface area contributed by atoms with Crippen molar-refractivity contribution in [1.82, 2.24) is 0 Å². The van der Waals surface area contributed by atoms with Gasteiger partial charge >= 0.3 is 5.97 Å². The van der Waals surface area contributed by atoms with Gasteiger partial charge < -0.3 is 10.0 Å². The average Bonchev–Trinajstić information content (AvgIpc) is 2.36. The smallest absolute Gasteiger partial charge is 0.328 e. The molecule has 102 valence electrons. The number of hydrogen-bond acceptors (Lipinski definition) is 2. The van der Waals surface area contributed by atoms with Crippen LogP contribution in [0, 0.1) is 5.92 Å². The van der Waals surface area contributed by atoms with Crippen LogP contribution in [-0.2, 0) is 4.79 Å². The molecule has 0 aliphatic carbocycles. The van der Waals surface area contributed by atoms with Crippen molar-refractivity contribution < 1.29 is 9.90 Å².